The van der Waals surface area contributed by atoms with Crippen molar-refractivity contribution < 1.29 is 0 Å². The van der Waals surface area contributed by atoms with E-state index in [1.54, 1.807) is 0 Å². The molecule has 104 valence electrons. The molecule has 0 spiro atoms. The molecule has 1 heterocycles. The molecule has 0 N–H and O–H groups in total. The van der Waals surface area contributed by atoms with E-state index in [0.29, 0.717) is 5.57 Å². The molecule has 0 atom stereocenters. The Balaban J connectivity index is 2.36. The highest BCUT2D eigenvalue weighted by atomic mass is 15.0. The number of rotatable bonds is 3. The normalized spacial score (nSPS) is 11.3. The molecule has 0 aliphatic heterocycles. The molecule has 0 fully saturated rings. The molecular formula is C19H13N3. The van der Waals surface area contributed by atoms with E-state index in [4.69, 9.17) is 5.26 Å². The highest BCUT2D eigenvalue weighted by Crippen LogP contribution is 2.31. The van der Waals surface area contributed by atoms with Crippen LogP contribution in [-0.2, 0) is 6.54 Å². The standard InChI is InChI=1S/C19H13N3/c1-2-11-22-18-6-4-3-5-16(18)17-12-14(7-8-19(17)22)15(13-21)9-10-20/h2-9,12H,1,11H2/b15-9+. The number of hydrogen-bond donors (Lipinski definition) is 0. The van der Waals surface area contributed by atoms with E-state index in [2.05, 4.69) is 29.3 Å². The number of fused-ring (bicyclic) bond motifs is 3. The zero-order chi connectivity index (χ0) is 15.5. The molecule has 0 radical (unpaired) electrons. The van der Waals surface area contributed by atoms with Crippen LogP contribution in [-0.4, -0.2) is 4.57 Å². The lowest BCUT2D eigenvalue weighted by molar-refractivity contribution is 0.901. The first-order chi connectivity index (χ1) is 10.8. The minimum absolute atomic E-state index is 0.380. The molecule has 0 bridgehead atoms. The average molecular weight is 283 g/mol. The van der Waals surface area contributed by atoms with Gasteiger partial charge in [0.25, 0.3) is 0 Å². The summed E-state index contributed by atoms with van der Waals surface area (Å²) in [6.07, 6.45) is 3.15. The summed E-state index contributed by atoms with van der Waals surface area (Å²) in [7, 11) is 0. The quantitative estimate of drug-likeness (QED) is 0.528. The molecule has 3 rings (SSSR count). The zero-order valence-corrected chi connectivity index (χ0v) is 12.0. The molecule has 1 aromatic heterocycles. The number of allylic oxidation sites excluding steroid dienone is 3. The maximum Gasteiger partial charge on any atom is 0.101 e. The van der Waals surface area contributed by atoms with Crippen LogP contribution in [0.25, 0.3) is 27.4 Å². The van der Waals surface area contributed by atoms with Gasteiger partial charge in [0, 0.05) is 34.4 Å². The largest absolute Gasteiger partial charge is 0.337 e. The maximum absolute atomic E-state index is 9.20. The van der Waals surface area contributed by atoms with Crippen LogP contribution in [0.5, 0.6) is 0 Å². The summed E-state index contributed by atoms with van der Waals surface area (Å²) in [6.45, 7) is 4.55. The molecule has 2 aromatic carbocycles. The van der Waals surface area contributed by atoms with E-state index in [0.717, 1.165) is 33.9 Å². The Morgan fingerprint density at radius 2 is 1.86 bits per heavy atom. The highest BCUT2D eigenvalue weighted by Gasteiger charge is 2.11. The Hall–Kier alpha value is -3.30. The van der Waals surface area contributed by atoms with Crippen LogP contribution in [0.1, 0.15) is 5.56 Å². The summed E-state index contributed by atoms with van der Waals surface area (Å²) in [5.74, 6) is 0. The average Bonchev–Trinajstić information content (AvgIpc) is 2.87. The smallest absolute Gasteiger partial charge is 0.101 e. The topological polar surface area (TPSA) is 52.5 Å². The molecule has 3 heteroatoms. The van der Waals surface area contributed by atoms with Crippen molar-refractivity contribution in [1.29, 1.82) is 10.5 Å². The fourth-order valence-electron chi connectivity index (χ4n) is 2.79. The second-order valence-corrected chi connectivity index (χ2v) is 4.95. The summed E-state index contributed by atoms with van der Waals surface area (Å²) < 4.78 is 2.20. The first-order valence-electron chi connectivity index (χ1n) is 6.92. The van der Waals surface area contributed by atoms with Crippen molar-refractivity contribution in [2.24, 2.45) is 0 Å². The first kappa shape index (κ1) is 13.7. The van der Waals surface area contributed by atoms with Gasteiger partial charge in [0.1, 0.15) is 6.07 Å². The van der Waals surface area contributed by atoms with Crippen LogP contribution in [0.2, 0.25) is 0 Å². The van der Waals surface area contributed by atoms with Crippen LogP contribution in [0, 0.1) is 22.7 Å². The molecule has 3 aromatic rings. The van der Waals surface area contributed by atoms with Gasteiger partial charge in [0.15, 0.2) is 0 Å². The van der Waals surface area contributed by atoms with Gasteiger partial charge in [-0.25, -0.2) is 0 Å². The van der Waals surface area contributed by atoms with E-state index < -0.39 is 0 Å². The van der Waals surface area contributed by atoms with Crippen molar-refractivity contribution in [2.45, 2.75) is 6.54 Å². The minimum Gasteiger partial charge on any atom is -0.337 e. The van der Waals surface area contributed by atoms with Gasteiger partial charge in [-0.3, -0.25) is 0 Å². The second-order valence-electron chi connectivity index (χ2n) is 4.95. The molecule has 0 saturated carbocycles. The predicted molar refractivity (Wildman–Crippen MR) is 88.8 cm³/mol. The lowest BCUT2D eigenvalue weighted by Crippen LogP contribution is -1.93. The van der Waals surface area contributed by atoms with Crippen molar-refractivity contribution in [2.75, 3.05) is 0 Å². The van der Waals surface area contributed by atoms with Crippen LogP contribution >= 0.6 is 0 Å². The highest BCUT2D eigenvalue weighted by molar-refractivity contribution is 6.09. The van der Waals surface area contributed by atoms with Crippen LogP contribution < -0.4 is 0 Å². The van der Waals surface area contributed by atoms with Crippen molar-refractivity contribution in [1.82, 2.24) is 4.57 Å². The summed E-state index contributed by atoms with van der Waals surface area (Å²) in [4.78, 5) is 0. The number of aromatic nitrogens is 1. The maximum atomic E-state index is 9.20. The van der Waals surface area contributed by atoms with Gasteiger partial charge in [0.05, 0.1) is 11.6 Å². The summed E-state index contributed by atoms with van der Waals surface area (Å²) >= 11 is 0. The number of benzene rings is 2. The van der Waals surface area contributed by atoms with Crippen molar-refractivity contribution in [3.05, 3.63) is 66.8 Å². The minimum atomic E-state index is 0.380. The lowest BCUT2D eigenvalue weighted by Gasteiger charge is -2.04. The SMILES string of the molecule is C=CCn1c2ccccc2c2cc(/C(C#N)=C/C#N)ccc21. The summed E-state index contributed by atoms with van der Waals surface area (Å²) in [5.41, 5.74) is 3.37. The summed E-state index contributed by atoms with van der Waals surface area (Å²) in [6, 6.07) is 18.0. The van der Waals surface area contributed by atoms with Crippen molar-refractivity contribution in [3.8, 4) is 12.1 Å². The first-order valence-corrected chi connectivity index (χ1v) is 6.92. The van der Waals surface area contributed by atoms with Gasteiger partial charge in [-0.15, -0.1) is 6.58 Å². The van der Waals surface area contributed by atoms with E-state index in [1.807, 2.05) is 42.5 Å². The van der Waals surface area contributed by atoms with Crippen molar-refractivity contribution >= 4 is 27.4 Å². The van der Waals surface area contributed by atoms with E-state index >= 15 is 0 Å². The molecule has 0 saturated heterocycles. The monoisotopic (exact) mass is 283 g/mol. The fourth-order valence-corrected chi connectivity index (χ4v) is 2.79. The van der Waals surface area contributed by atoms with Crippen LogP contribution in [0.3, 0.4) is 0 Å². The third-order valence-electron chi connectivity index (χ3n) is 3.72. The van der Waals surface area contributed by atoms with E-state index in [-0.39, 0.29) is 0 Å². The molecule has 0 aliphatic carbocycles. The zero-order valence-electron chi connectivity index (χ0n) is 12.0. The third kappa shape index (κ3) is 2.06. The Bertz CT molecular complexity index is 991. The van der Waals surface area contributed by atoms with E-state index in [9.17, 15) is 5.26 Å². The van der Waals surface area contributed by atoms with E-state index in [1.165, 1.54) is 6.08 Å². The number of hydrogen-bond acceptors (Lipinski definition) is 2. The third-order valence-corrected chi connectivity index (χ3v) is 3.72. The number of nitriles is 2. The molecule has 3 nitrogen and oxygen atoms in total. The number of nitrogens with zero attached hydrogens (tertiary/aromatic N) is 3. The Morgan fingerprint density at radius 1 is 1.09 bits per heavy atom. The van der Waals surface area contributed by atoms with Gasteiger partial charge >= 0.3 is 0 Å². The predicted octanol–water partition coefficient (Wildman–Crippen LogP) is 4.41. The fraction of sp³-hybridized carbons (Fsp3) is 0.0526. The van der Waals surface area contributed by atoms with Crippen LogP contribution in [0.15, 0.2) is 61.2 Å². The van der Waals surface area contributed by atoms with Crippen molar-refractivity contribution in [3.63, 3.8) is 0 Å². The Morgan fingerprint density at radius 3 is 2.59 bits per heavy atom. The Kier molecular flexibility index (Phi) is 3.48. The molecule has 22 heavy (non-hydrogen) atoms. The van der Waals surface area contributed by atoms with Gasteiger partial charge < -0.3 is 4.57 Å². The molecular weight excluding hydrogens is 270 g/mol. The van der Waals surface area contributed by atoms with Gasteiger partial charge in [-0.1, -0.05) is 30.3 Å². The summed E-state index contributed by atoms with van der Waals surface area (Å²) in [5, 5.41) is 20.2. The molecule has 0 amide bonds. The van der Waals surface area contributed by atoms with Gasteiger partial charge in [0.2, 0.25) is 0 Å². The van der Waals surface area contributed by atoms with Crippen LogP contribution in [0.4, 0.5) is 0 Å². The molecule has 0 aliphatic rings. The number of para-hydroxylation sites is 1. The van der Waals surface area contributed by atoms with Gasteiger partial charge in [-0.05, 0) is 23.8 Å². The second kappa shape index (κ2) is 5.60. The lowest BCUT2D eigenvalue weighted by atomic mass is 10.0. The molecule has 0 unspecified atom stereocenters. The van der Waals surface area contributed by atoms with Gasteiger partial charge in [-0.2, -0.15) is 10.5 Å². The Labute approximate surface area is 128 Å².